The Labute approximate surface area is 82.0 Å². The molecule has 0 radical (unpaired) electrons. The number of hydrogen-bond acceptors (Lipinski definition) is 4. The summed E-state index contributed by atoms with van der Waals surface area (Å²) in [6.07, 6.45) is -0.808. The summed E-state index contributed by atoms with van der Waals surface area (Å²) in [7, 11) is 0. The van der Waals surface area contributed by atoms with Gasteiger partial charge in [0.15, 0.2) is 6.73 Å². The summed E-state index contributed by atoms with van der Waals surface area (Å²) in [6, 6.07) is 5.48. The number of carbonyl (C=O) groups is 1. The third-order valence-electron chi connectivity index (χ3n) is 1.77. The van der Waals surface area contributed by atoms with E-state index >= 15 is 0 Å². The highest BCUT2D eigenvalue weighted by atomic mass is 16.6. The fourth-order valence-electron chi connectivity index (χ4n) is 0.941. The van der Waals surface area contributed by atoms with Crippen LogP contribution in [-0.2, 0) is 4.74 Å². The number of amides is 1. The third-order valence-corrected chi connectivity index (χ3v) is 1.77. The summed E-state index contributed by atoms with van der Waals surface area (Å²) in [5, 5.41) is 2.84. The number of nitrogen functional groups attached to an aromatic ring is 1. The number of hydrogen-bond donors (Lipinski definition) is 3. The largest absolute Gasteiger partial charge is 0.428 e. The van der Waals surface area contributed by atoms with Gasteiger partial charge in [0.25, 0.3) is 0 Å². The normalized spacial score (nSPS) is 9.50. The molecule has 14 heavy (non-hydrogen) atoms. The van der Waals surface area contributed by atoms with E-state index in [9.17, 15) is 4.79 Å². The fraction of sp³-hybridized carbons (Fsp3) is 0.222. The number of carbonyl (C=O) groups excluding carboxylic acids is 1. The highest BCUT2D eigenvalue weighted by Crippen LogP contribution is 2.16. The number of primary amides is 1. The molecule has 0 bridgehead atoms. The van der Waals surface area contributed by atoms with Gasteiger partial charge in [-0.3, -0.25) is 0 Å². The van der Waals surface area contributed by atoms with Crippen LogP contribution in [0, 0.1) is 6.92 Å². The SMILES string of the molecule is Cc1ccc(NCOC(N)=O)cc1N. The maximum Gasteiger partial charge on any atom is 0.406 e. The molecule has 0 heterocycles. The Balaban J connectivity index is 2.51. The Hall–Kier alpha value is -1.91. The van der Waals surface area contributed by atoms with Crippen molar-refractivity contribution in [2.24, 2.45) is 5.73 Å². The van der Waals surface area contributed by atoms with Crippen molar-refractivity contribution < 1.29 is 9.53 Å². The monoisotopic (exact) mass is 195 g/mol. The van der Waals surface area contributed by atoms with E-state index in [1.165, 1.54) is 0 Å². The zero-order valence-electron chi connectivity index (χ0n) is 7.91. The van der Waals surface area contributed by atoms with Crippen LogP contribution in [0.4, 0.5) is 16.2 Å². The van der Waals surface area contributed by atoms with E-state index in [0.29, 0.717) is 5.69 Å². The van der Waals surface area contributed by atoms with E-state index in [-0.39, 0.29) is 6.73 Å². The lowest BCUT2D eigenvalue weighted by Gasteiger charge is -2.07. The lowest BCUT2D eigenvalue weighted by atomic mass is 10.2. The van der Waals surface area contributed by atoms with Crippen molar-refractivity contribution in [2.75, 3.05) is 17.8 Å². The molecule has 0 saturated heterocycles. The molecule has 0 aliphatic rings. The summed E-state index contributed by atoms with van der Waals surface area (Å²) in [4.78, 5) is 10.2. The summed E-state index contributed by atoms with van der Waals surface area (Å²) in [6.45, 7) is 1.96. The predicted octanol–water partition coefficient (Wildman–Crippen LogP) is 1.04. The quantitative estimate of drug-likeness (QED) is 0.496. The molecular weight excluding hydrogens is 182 g/mol. The van der Waals surface area contributed by atoms with Crippen molar-refractivity contribution in [3.8, 4) is 0 Å². The summed E-state index contributed by atoms with van der Waals surface area (Å²) in [5.74, 6) is 0. The average molecular weight is 195 g/mol. The van der Waals surface area contributed by atoms with Crippen LogP contribution < -0.4 is 16.8 Å². The lowest BCUT2D eigenvalue weighted by molar-refractivity contribution is 0.165. The maximum absolute atomic E-state index is 10.2. The molecule has 0 fully saturated rings. The van der Waals surface area contributed by atoms with Crippen molar-refractivity contribution in [1.29, 1.82) is 0 Å². The Morgan fingerprint density at radius 1 is 1.57 bits per heavy atom. The van der Waals surface area contributed by atoms with E-state index in [0.717, 1.165) is 11.3 Å². The minimum Gasteiger partial charge on any atom is -0.428 e. The molecule has 76 valence electrons. The smallest absolute Gasteiger partial charge is 0.406 e. The Bertz CT molecular complexity index is 339. The van der Waals surface area contributed by atoms with E-state index in [4.69, 9.17) is 11.5 Å². The van der Waals surface area contributed by atoms with Gasteiger partial charge in [0.05, 0.1) is 0 Å². The van der Waals surface area contributed by atoms with Crippen LogP contribution in [0.25, 0.3) is 0 Å². The van der Waals surface area contributed by atoms with Crippen LogP contribution in [0.2, 0.25) is 0 Å². The van der Waals surface area contributed by atoms with Gasteiger partial charge in [-0.05, 0) is 24.6 Å². The van der Waals surface area contributed by atoms with Gasteiger partial charge in [0, 0.05) is 11.4 Å². The predicted molar refractivity (Wildman–Crippen MR) is 54.7 cm³/mol. The number of nitrogens with two attached hydrogens (primary N) is 2. The number of ether oxygens (including phenoxy) is 1. The van der Waals surface area contributed by atoms with Crippen LogP contribution in [0.3, 0.4) is 0 Å². The third kappa shape index (κ3) is 2.85. The van der Waals surface area contributed by atoms with Gasteiger partial charge in [0.2, 0.25) is 0 Å². The van der Waals surface area contributed by atoms with Crippen LogP contribution in [0.5, 0.6) is 0 Å². The number of aryl methyl sites for hydroxylation is 1. The molecule has 5 N–H and O–H groups in total. The van der Waals surface area contributed by atoms with Gasteiger partial charge in [-0.2, -0.15) is 0 Å². The van der Waals surface area contributed by atoms with Crippen molar-refractivity contribution in [2.45, 2.75) is 6.92 Å². The topological polar surface area (TPSA) is 90.4 Å². The van der Waals surface area contributed by atoms with Crippen molar-refractivity contribution in [3.63, 3.8) is 0 Å². The molecule has 5 heteroatoms. The first-order chi connectivity index (χ1) is 6.59. The highest BCUT2D eigenvalue weighted by Gasteiger charge is 1.97. The van der Waals surface area contributed by atoms with Crippen molar-refractivity contribution >= 4 is 17.5 Å². The van der Waals surface area contributed by atoms with Gasteiger partial charge in [-0.1, -0.05) is 6.07 Å². The Morgan fingerprint density at radius 2 is 2.29 bits per heavy atom. The Kier molecular flexibility index (Phi) is 3.17. The van der Waals surface area contributed by atoms with Crippen LogP contribution in [0.15, 0.2) is 18.2 Å². The van der Waals surface area contributed by atoms with Gasteiger partial charge >= 0.3 is 6.09 Å². The molecule has 1 rings (SSSR count). The van der Waals surface area contributed by atoms with Crippen LogP contribution in [0.1, 0.15) is 5.56 Å². The average Bonchev–Trinajstić information content (AvgIpc) is 2.10. The molecule has 0 atom stereocenters. The van der Waals surface area contributed by atoms with E-state index in [2.05, 4.69) is 10.1 Å². The van der Waals surface area contributed by atoms with Crippen LogP contribution in [-0.4, -0.2) is 12.8 Å². The minimum absolute atomic E-state index is 0.0395. The standard InChI is InChI=1S/C9H13N3O2/c1-6-2-3-7(4-8(6)10)12-5-14-9(11)13/h2-4,12H,5,10H2,1H3,(H2,11,13). The summed E-state index contributed by atoms with van der Waals surface area (Å²) >= 11 is 0. The Morgan fingerprint density at radius 3 is 2.86 bits per heavy atom. The first-order valence-electron chi connectivity index (χ1n) is 4.12. The van der Waals surface area contributed by atoms with Gasteiger partial charge in [0.1, 0.15) is 0 Å². The molecule has 0 saturated carbocycles. The first-order valence-corrected chi connectivity index (χ1v) is 4.12. The second kappa shape index (κ2) is 4.36. The number of rotatable bonds is 3. The molecule has 5 nitrogen and oxygen atoms in total. The van der Waals surface area contributed by atoms with E-state index < -0.39 is 6.09 Å². The zero-order chi connectivity index (χ0) is 10.6. The second-order valence-corrected chi connectivity index (χ2v) is 2.86. The van der Waals surface area contributed by atoms with Gasteiger partial charge in [-0.25, -0.2) is 4.79 Å². The van der Waals surface area contributed by atoms with E-state index in [1.807, 2.05) is 19.1 Å². The van der Waals surface area contributed by atoms with E-state index in [1.54, 1.807) is 6.07 Å². The molecule has 1 aromatic carbocycles. The number of anilines is 2. The van der Waals surface area contributed by atoms with Crippen LogP contribution >= 0.6 is 0 Å². The molecule has 1 aromatic rings. The van der Waals surface area contributed by atoms with Gasteiger partial charge < -0.3 is 21.5 Å². The number of nitrogens with one attached hydrogen (secondary N) is 1. The van der Waals surface area contributed by atoms with Crippen molar-refractivity contribution in [3.05, 3.63) is 23.8 Å². The lowest BCUT2D eigenvalue weighted by Crippen LogP contribution is -2.17. The second-order valence-electron chi connectivity index (χ2n) is 2.86. The highest BCUT2D eigenvalue weighted by molar-refractivity contribution is 5.65. The molecule has 0 spiro atoms. The minimum atomic E-state index is -0.808. The zero-order valence-corrected chi connectivity index (χ0v) is 7.91. The molecule has 0 aliphatic carbocycles. The molecule has 0 unspecified atom stereocenters. The maximum atomic E-state index is 10.2. The van der Waals surface area contributed by atoms with Crippen molar-refractivity contribution in [1.82, 2.24) is 0 Å². The molecule has 0 aromatic heterocycles. The molecule has 1 amide bonds. The number of benzene rings is 1. The summed E-state index contributed by atoms with van der Waals surface area (Å²) < 4.78 is 4.50. The summed E-state index contributed by atoms with van der Waals surface area (Å²) in [5.41, 5.74) is 12.9. The molecular formula is C9H13N3O2. The molecule has 0 aliphatic heterocycles. The van der Waals surface area contributed by atoms with Gasteiger partial charge in [-0.15, -0.1) is 0 Å². The first kappa shape index (κ1) is 10.2. The fourth-order valence-corrected chi connectivity index (χ4v) is 0.941.